The summed E-state index contributed by atoms with van der Waals surface area (Å²) in [7, 11) is 1.97. The van der Waals surface area contributed by atoms with Gasteiger partial charge in [0.2, 0.25) is 11.3 Å². The lowest BCUT2D eigenvalue weighted by Crippen LogP contribution is -2.24. The Hall–Kier alpha value is -4.47. The molecule has 46 heavy (non-hydrogen) atoms. The molecule has 0 atom stereocenters. The highest BCUT2D eigenvalue weighted by Gasteiger charge is 2.30. The molecule has 1 fully saturated rings. The quantitative estimate of drug-likeness (QED) is 0.149. The molecule has 9 heteroatoms. The first-order chi connectivity index (χ1) is 22.1. The van der Waals surface area contributed by atoms with E-state index in [4.69, 9.17) is 0 Å². The zero-order valence-corrected chi connectivity index (χ0v) is 26.8. The van der Waals surface area contributed by atoms with Gasteiger partial charge in [0.05, 0.1) is 17.5 Å². The lowest BCUT2D eigenvalue weighted by molar-refractivity contribution is -0.117. The summed E-state index contributed by atoms with van der Waals surface area (Å²) in [6.07, 6.45) is 3.26. The van der Waals surface area contributed by atoms with Crippen LogP contribution in [0.15, 0.2) is 83.8 Å². The Balaban J connectivity index is 1.52. The molecule has 1 amide bonds. The van der Waals surface area contributed by atoms with Gasteiger partial charge in [-0.2, -0.15) is 0 Å². The number of rotatable bonds is 11. The Morgan fingerprint density at radius 2 is 1.61 bits per heavy atom. The minimum absolute atomic E-state index is 0.00584. The van der Waals surface area contributed by atoms with E-state index in [0.29, 0.717) is 29.0 Å². The van der Waals surface area contributed by atoms with E-state index in [1.165, 1.54) is 35.7 Å². The van der Waals surface area contributed by atoms with Crippen LogP contribution < -0.4 is 10.7 Å². The number of fused-ring (bicyclic) bond motifs is 1. The molecule has 3 aromatic carbocycles. The van der Waals surface area contributed by atoms with Gasteiger partial charge in [0.25, 0.3) is 0 Å². The third-order valence-electron chi connectivity index (χ3n) is 8.27. The molecule has 236 valence electrons. The molecule has 5 aromatic rings. The van der Waals surface area contributed by atoms with Crippen molar-refractivity contribution in [2.45, 2.75) is 46.3 Å². The van der Waals surface area contributed by atoms with Crippen LogP contribution in [-0.4, -0.2) is 28.2 Å². The van der Waals surface area contributed by atoms with Crippen LogP contribution in [0.5, 0.6) is 0 Å². The third kappa shape index (κ3) is 6.57. The summed E-state index contributed by atoms with van der Waals surface area (Å²) in [5, 5.41) is 3.33. The molecule has 0 saturated heterocycles. The first-order valence-corrected chi connectivity index (χ1v) is 16.2. The van der Waals surface area contributed by atoms with E-state index in [2.05, 4.69) is 10.2 Å². The van der Waals surface area contributed by atoms with Gasteiger partial charge in [-0.25, -0.2) is 8.78 Å². The minimum Gasteiger partial charge on any atom is -0.334 e. The Labute approximate surface area is 270 Å². The molecule has 0 spiro atoms. The highest BCUT2D eigenvalue weighted by atomic mass is 32.1. The number of pyridine rings is 1. The Bertz CT molecular complexity index is 1960. The number of anilines is 1. The van der Waals surface area contributed by atoms with E-state index in [9.17, 15) is 23.2 Å². The van der Waals surface area contributed by atoms with Gasteiger partial charge in [0, 0.05) is 47.3 Å². The van der Waals surface area contributed by atoms with Crippen molar-refractivity contribution in [3.8, 4) is 10.4 Å². The van der Waals surface area contributed by atoms with Crippen molar-refractivity contribution in [1.82, 2.24) is 9.47 Å². The van der Waals surface area contributed by atoms with E-state index >= 15 is 0 Å². The van der Waals surface area contributed by atoms with E-state index in [0.717, 1.165) is 34.4 Å². The van der Waals surface area contributed by atoms with Crippen molar-refractivity contribution in [3.05, 3.63) is 123 Å². The van der Waals surface area contributed by atoms with Crippen LogP contribution in [0.3, 0.4) is 0 Å². The molecule has 1 aliphatic carbocycles. The highest BCUT2D eigenvalue weighted by molar-refractivity contribution is 7.22. The number of ketones is 1. The van der Waals surface area contributed by atoms with E-state index in [1.807, 2.05) is 61.6 Å². The summed E-state index contributed by atoms with van der Waals surface area (Å²) in [5.74, 6) is -2.11. The monoisotopic (exact) mass is 639 g/mol. The van der Waals surface area contributed by atoms with Crippen LogP contribution >= 0.6 is 11.3 Å². The van der Waals surface area contributed by atoms with Crippen LogP contribution in [-0.2, 0) is 24.4 Å². The first-order valence-electron chi connectivity index (χ1n) is 15.4. The number of nitrogens with zero attached hydrogens (tertiary/aromatic N) is 2. The van der Waals surface area contributed by atoms with E-state index in [-0.39, 0.29) is 35.3 Å². The minimum atomic E-state index is -0.702. The molecule has 1 N–H and O–H groups in total. The number of hydrogen-bond donors (Lipinski definition) is 1. The van der Waals surface area contributed by atoms with Crippen LogP contribution in [0, 0.1) is 23.5 Å². The maximum atomic E-state index is 14.9. The maximum Gasteiger partial charge on any atom is 0.227 e. The zero-order chi connectivity index (χ0) is 32.5. The summed E-state index contributed by atoms with van der Waals surface area (Å²) < 4.78 is 31.4. The van der Waals surface area contributed by atoms with Gasteiger partial charge < -0.3 is 9.88 Å². The van der Waals surface area contributed by atoms with Crippen LogP contribution in [0.1, 0.15) is 53.7 Å². The number of amides is 1. The van der Waals surface area contributed by atoms with E-state index < -0.39 is 23.0 Å². The SMILES string of the molecule is CC(C)C(=O)c1cn(Cc2c(F)cccc2F)c2sc(-c3ccc(NC(=O)C4CC4)cc3)c(CN(C)Cc3ccccc3)c2c1=O. The number of halogens is 2. The predicted octanol–water partition coefficient (Wildman–Crippen LogP) is 7.88. The second-order valence-electron chi connectivity index (χ2n) is 12.3. The number of nitrogens with one attached hydrogen (secondary N) is 1. The fraction of sp³-hybridized carbons (Fsp3) is 0.270. The average Bonchev–Trinajstić information content (AvgIpc) is 3.82. The van der Waals surface area contributed by atoms with Gasteiger partial charge in [-0.15, -0.1) is 11.3 Å². The molecular weight excluding hydrogens is 604 g/mol. The van der Waals surface area contributed by atoms with Gasteiger partial charge in [-0.3, -0.25) is 19.3 Å². The molecular formula is C37H35F2N3O3S. The van der Waals surface area contributed by atoms with E-state index in [1.54, 1.807) is 18.4 Å². The summed E-state index contributed by atoms with van der Waals surface area (Å²) in [4.78, 5) is 43.4. The number of benzene rings is 3. The second kappa shape index (κ2) is 13.1. The first kappa shape index (κ1) is 31.5. The van der Waals surface area contributed by atoms with Crippen LogP contribution in [0.2, 0.25) is 0 Å². The molecule has 6 nitrogen and oxygen atoms in total. The summed E-state index contributed by atoms with van der Waals surface area (Å²) >= 11 is 1.35. The fourth-order valence-corrected chi connectivity index (χ4v) is 6.94. The van der Waals surface area contributed by atoms with Gasteiger partial charge in [-0.1, -0.05) is 62.4 Å². The largest absolute Gasteiger partial charge is 0.334 e. The van der Waals surface area contributed by atoms with Gasteiger partial charge in [-0.05, 0) is 60.8 Å². The molecule has 2 heterocycles. The molecule has 0 unspecified atom stereocenters. The summed E-state index contributed by atoms with van der Waals surface area (Å²) in [6.45, 7) is 4.25. The number of aromatic nitrogens is 1. The molecule has 0 aliphatic heterocycles. The molecule has 0 bridgehead atoms. The third-order valence-corrected chi connectivity index (χ3v) is 9.59. The number of thiophene rings is 1. The molecule has 6 rings (SSSR count). The molecule has 1 saturated carbocycles. The Kier molecular flexibility index (Phi) is 8.97. The molecule has 1 aliphatic rings. The van der Waals surface area contributed by atoms with Crippen LogP contribution in [0.4, 0.5) is 14.5 Å². The highest BCUT2D eigenvalue weighted by Crippen LogP contribution is 2.40. The maximum absolute atomic E-state index is 14.9. The lowest BCUT2D eigenvalue weighted by atomic mass is 9.99. The standard InChI is InChI=1S/C37H35F2N3O3S/c1-22(2)33(43)29-21-42(20-27-30(38)10-7-11-31(27)39)37-32(34(29)44)28(19-41(3)18-23-8-5-4-6-9-23)35(46-37)24-14-16-26(17-15-24)40-36(45)25-12-13-25/h4-11,14-17,21-22,25H,12-13,18-20H2,1-3H3,(H,40,45). The van der Waals surface area contributed by atoms with Crippen molar-refractivity contribution in [2.75, 3.05) is 12.4 Å². The second-order valence-corrected chi connectivity index (χ2v) is 13.3. The van der Waals surface area contributed by atoms with Crippen molar-refractivity contribution in [1.29, 1.82) is 0 Å². The molecule has 2 aromatic heterocycles. The van der Waals surface area contributed by atoms with Crippen LogP contribution in [0.25, 0.3) is 20.7 Å². The summed E-state index contributed by atoms with van der Waals surface area (Å²) in [5.41, 5.74) is 2.80. The number of hydrogen-bond acceptors (Lipinski definition) is 5. The molecule has 0 radical (unpaired) electrons. The topological polar surface area (TPSA) is 71.4 Å². The summed E-state index contributed by atoms with van der Waals surface area (Å²) in [6, 6.07) is 21.2. The zero-order valence-electron chi connectivity index (χ0n) is 26.0. The van der Waals surface area contributed by atoms with Gasteiger partial charge >= 0.3 is 0 Å². The van der Waals surface area contributed by atoms with Crippen molar-refractivity contribution in [2.24, 2.45) is 11.8 Å². The number of Topliss-reactive ketones (excluding diaryl/α,β-unsaturated/α-hetero) is 1. The number of carbonyl (C=O) groups is 2. The van der Waals surface area contributed by atoms with Crippen molar-refractivity contribution >= 4 is 38.9 Å². The lowest BCUT2D eigenvalue weighted by Gasteiger charge is -2.18. The van der Waals surface area contributed by atoms with Crippen molar-refractivity contribution in [3.63, 3.8) is 0 Å². The fourth-order valence-electron chi connectivity index (χ4n) is 5.65. The van der Waals surface area contributed by atoms with Gasteiger partial charge in [0.1, 0.15) is 16.5 Å². The average molecular weight is 640 g/mol. The Morgan fingerprint density at radius 1 is 0.935 bits per heavy atom. The Morgan fingerprint density at radius 3 is 2.24 bits per heavy atom. The number of carbonyl (C=O) groups excluding carboxylic acids is 2. The van der Waals surface area contributed by atoms with Crippen molar-refractivity contribution < 1.29 is 18.4 Å². The normalized spacial score (nSPS) is 13.1. The smallest absolute Gasteiger partial charge is 0.227 e. The predicted molar refractivity (Wildman–Crippen MR) is 179 cm³/mol. The van der Waals surface area contributed by atoms with Gasteiger partial charge in [0.15, 0.2) is 5.78 Å².